The van der Waals surface area contributed by atoms with E-state index in [4.69, 9.17) is 16.3 Å². The van der Waals surface area contributed by atoms with E-state index in [2.05, 4.69) is 17.4 Å². The van der Waals surface area contributed by atoms with E-state index in [1.165, 1.54) is 23.8 Å². The number of nitrogens with one attached hydrogen (secondary N) is 1. The van der Waals surface area contributed by atoms with Crippen molar-refractivity contribution >= 4 is 17.3 Å². The van der Waals surface area contributed by atoms with E-state index in [1.54, 1.807) is 0 Å². The van der Waals surface area contributed by atoms with Crippen LogP contribution in [0.5, 0.6) is 5.75 Å². The van der Waals surface area contributed by atoms with Gasteiger partial charge in [0, 0.05) is 35.7 Å². The van der Waals surface area contributed by atoms with Gasteiger partial charge in [-0.1, -0.05) is 55.8 Å². The summed E-state index contributed by atoms with van der Waals surface area (Å²) in [4.78, 5) is 10.6. The summed E-state index contributed by atoms with van der Waals surface area (Å²) in [5, 5.41) is 14.9. The molecular formula is C18H21ClN2O3. The Labute approximate surface area is 146 Å². The van der Waals surface area contributed by atoms with Gasteiger partial charge in [-0.15, -0.1) is 0 Å². The van der Waals surface area contributed by atoms with Gasteiger partial charge in [-0.25, -0.2) is 0 Å². The Morgan fingerprint density at radius 1 is 1.21 bits per heavy atom. The standard InChI is InChI=1S/C18H21ClN2O3/c1-18(2,12-20-11-14-6-4-3-5-7-14)13-24-17-10-15(19)8-9-16(17)21(22)23/h3-10,20H,11-13H2,1-2H3. The molecule has 0 atom stereocenters. The lowest BCUT2D eigenvalue weighted by atomic mass is 9.94. The third-order valence-corrected chi connectivity index (χ3v) is 3.75. The molecule has 0 heterocycles. The summed E-state index contributed by atoms with van der Waals surface area (Å²) in [6, 6.07) is 14.4. The molecule has 0 radical (unpaired) electrons. The van der Waals surface area contributed by atoms with Crippen LogP contribution in [0.25, 0.3) is 0 Å². The second kappa shape index (κ2) is 8.13. The fourth-order valence-electron chi connectivity index (χ4n) is 2.22. The summed E-state index contributed by atoms with van der Waals surface area (Å²) in [6.45, 7) is 5.91. The van der Waals surface area contributed by atoms with Crippen LogP contribution < -0.4 is 10.1 Å². The smallest absolute Gasteiger partial charge is 0.311 e. The van der Waals surface area contributed by atoms with Gasteiger partial charge in [-0.3, -0.25) is 10.1 Å². The first-order chi connectivity index (χ1) is 11.4. The largest absolute Gasteiger partial charge is 0.486 e. The molecule has 0 spiro atoms. The normalized spacial score (nSPS) is 11.3. The molecule has 0 bridgehead atoms. The lowest BCUT2D eigenvalue weighted by Gasteiger charge is -2.25. The van der Waals surface area contributed by atoms with Crippen molar-refractivity contribution < 1.29 is 9.66 Å². The van der Waals surface area contributed by atoms with E-state index in [-0.39, 0.29) is 16.9 Å². The van der Waals surface area contributed by atoms with Crippen LogP contribution in [0.4, 0.5) is 5.69 Å². The summed E-state index contributed by atoms with van der Waals surface area (Å²) in [5.74, 6) is 0.198. The van der Waals surface area contributed by atoms with Gasteiger partial charge in [-0.2, -0.15) is 0 Å². The molecule has 128 valence electrons. The number of halogens is 1. The van der Waals surface area contributed by atoms with Crippen LogP contribution in [0.15, 0.2) is 48.5 Å². The average Bonchev–Trinajstić information content (AvgIpc) is 2.54. The van der Waals surface area contributed by atoms with Crippen molar-refractivity contribution in [2.24, 2.45) is 5.41 Å². The number of nitro groups is 1. The fourth-order valence-corrected chi connectivity index (χ4v) is 2.38. The summed E-state index contributed by atoms with van der Waals surface area (Å²) in [5.41, 5.74) is 0.942. The predicted octanol–water partition coefficient (Wildman–Crippen LogP) is 4.44. The highest BCUT2D eigenvalue weighted by Crippen LogP contribution is 2.31. The molecule has 2 rings (SSSR count). The molecule has 0 aliphatic rings. The Bertz CT molecular complexity index is 690. The van der Waals surface area contributed by atoms with E-state index < -0.39 is 4.92 Å². The monoisotopic (exact) mass is 348 g/mol. The van der Waals surface area contributed by atoms with Gasteiger partial charge in [0.25, 0.3) is 0 Å². The number of nitrogens with zero attached hydrogens (tertiary/aromatic N) is 1. The number of ether oxygens (including phenoxy) is 1. The van der Waals surface area contributed by atoms with Crippen molar-refractivity contribution in [1.29, 1.82) is 0 Å². The number of rotatable bonds is 8. The van der Waals surface area contributed by atoms with Gasteiger partial charge in [0.2, 0.25) is 0 Å². The third kappa shape index (κ3) is 5.51. The van der Waals surface area contributed by atoms with Crippen molar-refractivity contribution in [2.75, 3.05) is 13.2 Å². The number of hydrogen-bond donors (Lipinski definition) is 1. The highest BCUT2D eigenvalue weighted by Gasteiger charge is 2.22. The fraction of sp³-hybridized carbons (Fsp3) is 0.333. The number of hydrogen-bond acceptors (Lipinski definition) is 4. The minimum atomic E-state index is -0.466. The van der Waals surface area contributed by atoms with E-state index in [0.717, 1.165) is 13.1 Å². The maximum absolute atomic E-state index is 11.1. The van der Waals surface area contributed by atoms with Crippen molar-refractivity contribution in [2.45, 2.75) is 20.4 Å². The maximum atomic E-state index is 11.1. The molecule has 0 amide bonds. The average molecular weight is 349 g/mol. The van der Waals surface area contributed by atoms with E-state index in [0.29, 0.717) is 11.6 Å². The number of nitro benzene ring substituents is 1. The second-order valence-electron chi connectivity index (χ2n) is 6.41. The molecule has 2 aromatic carbocycles. The summed E-state index contributed by atoms with van der Waals surface area (Å²) >= 11 is 5.91. The minimum absolute atomic E-state index is 0.0764. The zero-order chi connectivity index (χ0) is 17.6. The van der Waals surface area contributed by atoms with Crippen molar-refractivity contribution in [3.8, 4) is 5.75 Å². The molecule has 24 heavy (non-hydrogen) atoms. The summed E-state index contributed by atoms with van der Waals surface area (Å²) in [7, 11) is 0. The zero-order valence-electron chi connectivity index (χ0n) is 13.8. The summed E-state index contributed by atoms with van der Waals surface area (Å²) < 4.78 is 5.68. The first-order valence-corrected chi connectivity index (χ1v) is 8.06. The Morgan fingerprint density at radius 2 is 1.92 bits per heavy atom. The van der Waals surface area contributed by atoms with Gasteiger partial charge >= 0.3 is 5.69 Å². The van der Waals surface area contributed by atoms with Crippen LogP contribution in [0, 0.1) is 15.5 Å². The lowest BCUT2D eigenvalue weighted by molar-refractivity contribution is -0.385. The molecule has 0 fully saturated rings. The predicted molar refractivity (Wildman–Crippen MR) is 95.5 cm³/mol. The van der Waals surface area contributed by atoms with Crippen molar-refractivity contribution in [1.82, 2.24) is 5.32 Å². The Balaban J connectivity index is 1.90. The molecule has 0 unspecified atom stereocenters. The highest BCUT2D eigenvalue weighted by atomic mass is 35.5. The molecule has 0 aromatic heterocycles. The van der Waals surface area contributed by atoms with Crippen LogP contribution in [0.1, 0.15) is 19.4 Å². The van der Waals surface area contributed by atoms with Crippen LogP contribution in [0.3, 0.4) is 0 Å². The molecule has 6 heteroatoms. The first kappa shape index (κ1) is 18.2. The van der Waals surface area contributed by atoms with Crippen LogP contribution in [0.2, 0.25) is 5.02 Å². The molecule has 0 aliphatic carbocycles. The molecule has 1 N–H and O–H groups in total. The molecular weight excluding hydrogens is 328 g/mol. The quantitative estimate of drug-likeness (QED) is 0.565. The zero-order valence-corrected chi connectivity index (χ0v) is 14.5. The van der Waals surface area contributed by atoms with E-state index >= 15 is 0 Å². The lowest BCUT2D eigenvalue weighted by Crippen LogP contribution is -2.34. The SMILES string of the molecule is CC(C)(CNCc1ccccc1)COc1cc(Cl)ccc1[N+](=O)[O-]. The third-order valence-electron chi connectivity index (χ3n) is 3.51. The van der Waals surface area contributed by atoms with Gasteiger partial charge < -0.3 is 10.1 Å². The maximum Gasteiger partial charge on any atom is 0.311 e. The van der Waals surface area contributed by atoms with Crippen LogP contribution in [-0.2, 0) is 6.54 Å². The first-order valence-electron chi connectivity index (χ1n) is 7.69. The minimum Gasteiger partial charge on any atom is -0.486 e. The van der Waals surface area contributed by atoms with Gasteiger partial charge in [0.1, 0.15) is 0 Å². The molecule has 2 aromatic rings. The second-order valence-corrected chi connectivity index (χ2v) is 6.85. The Morgan fingerprint density at radius 3 is 2.58 bits per heavy atom. The number of benzene rings is 2. The van der Waals surface area contributed by atoms with Crippen molar-refractivity contribution in [3.05, 3.63) is 69.2 Å². The van der Waals surface area contributed by atoms with Gasteiger partial charge in [0.15, 0.2) is 5.75 Å². The van der Waals surface area contributed by atoms with E-state index in [9.17, 15) is 10.1 Å². The van der Waals surface area contributed by atoms with Crippen molar-refractivity contribution in [3.63, 3.8) is 0 Å². The van der Waals surface area contributed by atoms with Crippen LogP contribution >= 0.6 is 11.6 Å². The van der Waals surface area contributed by atoms with Gasteiger partial charge in [0.05, 0.1) is 11.5 Å². The highest BCUT2D eigenvalue weighted by molar-refractivity contribution is 6.30. The van der Waals surface area contributed by atoms with Crippen LogP contribution in [-0.4, -0.2) is 18.1 Å². The summed E-state index contributed by atoms with van der Waals surface area (Å²) in [6.07, 6.45) is 0. The topological polar surface area (TPSA) is 64.4 Å². The van der Waals surface area contributed by atoms with Gasteiger partial charge in [-0.05, 0) is 11.6 Å². The Hall–Kier alpha value is -2.11. The Kier molecular flexibility index (Phi) is 6.17. The molecule has 0 saturated heterocycles. The molecule has 0 aliphatic heterocycles. The molecule has 5 nitrogen and oxygen atoms in total. The molecule has 0 saturated carbocycles. The van der Waals surface area contributed by atoms with E-state index in [1.807, 2.05) is 32.0 Å².